The zero-order valence-electron chi connectivity index (χ0n) is 13.8. The average molecular weight is 343 g/mol. The van der Waals surface area contributed by atoms with Crippen molar-refractivity contribution in [2.45, 2.75) is 25.8 Å². The number of β-amino-alcohol motifs (C(OH)–C–C–N with tert-alkyl or cyclic N) is 1. The zero-order valence-corrected chi connectivity index (χ0v) is 14.6. The number of halogens is 1. The van der Waals surface area contributed by atoms with Gasteiger partial charge in [0, 0.05) is 31.2 Å². The van der Waals surface area contributed by atoms with Gasteiger partial charge in [-0.15, -0.1) is 12.4 Å². The molecule has 0 unspecified atom stereocenters. The minimum Gasteiger partial charge on any atom is -0.497 e. The lowest BCUT2D eigenvalue weighted by Gasteiger charge is -2.19. The molecule has 0 radical (unpaired) electrons. The van der Waals surface area contributed by atoms with Crippen LogP contribution < -0.4 is 10.1 Å². The molecule has 0 spiro atoms. The number of aliphatic hydroxyl groups excluding tert-OH is 1. The third-order valence-electron chi connectivity index (χ3n) is 4.26. The minimum absolute atomic E-state index is 0. The molecular weight excluding hydrogens is 316 g/mol. The van der Waals surface area contributed by atoms with E-state index in [0.29, 0.717) is 18.0 Å². The Morgan fingerprint density at radius 3 is 2.61 bits per heavy atom. The first-order chi connectivity index (χ1) is 10.7. The number of nitrogens with zero attached hydrogens (tertiary/aromatic N) is 1. The van der Waals surface area contributed by atoms with E-state index in [4.69, 9.17) is 9.84 Å². The van der Waals surface area contributed by atoms with Gasteiger partial charge < -0.3 is 15.2 Å². The van der Waals surface area contributed by atoms with Crippen molar-refractivity contribution in [3.05, 3.63) is 29.8 Å². The first-order valence-corrected chi connectivity index (χ1v) is 7.96. The molecule has 1 fully saturated rings. The van der Waals surface area contributed by atoms with E-state index in [9.17, 15) is 4.79 Å². The smallest absolute Gasteiger partial charge is 0.251 e. The highest BCUT2D eigenvalue weighted by atomic mass is 35.5. The third kappa shape index (κ3) is 5.37. The van der Waals surface area contributed by atoms with E-state index in [-0.39, 0.29) is 31.0 Å². The molecule has 1 amide bonds. The molecule has 1 aromatic rings. The van der Waals surface area contributed by atoms with Crippen molar-refractivity contribution < 1.29 is 14.6 Å². The fourth-order valence-corrected chi connectivity index (χ4v) is 3.11. The Morgan fingerprint density at radius 2 is 2.04 bits per heavy atom. The standard InChI is InChI=1S/C17H26N2O3.ClH/c1-3-4-14-11-19(9-10-20)12-16(14)18-17(21)13-5-7-15(22-2)8-6-13;/h5-8,14,16,20H,3-4,9-12H2,1-2H3,(H,18,21);1H/t14-,16-;/m0./s1. The van der Waals surface area contributed by atoms with Gasteiger partial charge in [-0.2, -0.15) is 0 Å². The first-order valence-electron chi connectivity index (χ1n) is 7.96. The number of benzene rings is 1. The number of likely N-dealkylation sites (tertiary alicyclic amines) is 1. The van der Waals surface area contributed by atoms with E-state index in [1.54, 1.807) is 31.4 Å². The average Bonchev–Trinajstić information content (AvgIpc) is 2.89. The molecule has 1 saturated heterocycles. The Morgan fingerprint density at radius 1 is 1.35 bits per heavy atom. The van der Waals surface area contributed by atoms with E-state index < -0.39 is 0 Å². The van der Waals surface area contributed by atoms with Crippen LogP contribution in [0.4, 0.5) is 0 Å². The van der Waals surface area contributed by atoms with Crippen LogP contribution in [-0.2, 0) is 0 Å². The number of hydrogen-bond donors (Lipinski definition) is 2. The lowest BCUT2D eigenvalue weighted by atomic mass is 9.98. The topological polar surface area (TPSA) is 61.8 Å². The number of nitrogens with one attached hydrogen (secondary N) is 1. The Labute approximate surface area is 144 Å². The molecule has 2 N–H and O–H groups in total. The van der Waals surface area contributed by atoms with Crippen molar-refractivity contribution in [1.82, 2.24) is 10.2 Å². The Bertz CT molecular complexity index is 481. The fraction of sp³-hybridized carbons (Fsp3) is 0.588. The van der Waals surface area contributed by atoms with Crippen molar-refractivity contribution in [3.63, 3.8) is 0 Å². The molecule has 1 heterocycles. The molecular formula is C17H27ClN2O3. The Kier molecular flexibility index (Phi) is 8.37. The third-order valence-corrected chi connectivity index (χ3v) is 4.26. The highest BCUT2D eigenvalue weighted by molar-refractivity contribution is 5.94. The maximum Gasteiger partial charge on any atom is 0.251 e. The lowest BCUT2D eigenvalue weighted by molar-refractivity contribution is 0.0929. The number of hydrogen-bond acceptors (Lipinski definition) is 4. The number of carbonyl (C=O) groups is 1. The SMILES string of the molecule is CCC[C@H]1CN(CCO)C[C@@H]1NC(=O)c1ccc(OC)cc1.Cl. The van der Waals surface area contributed by atoms with Gasteiger partial charge in [0.1, 0.15) is 5.75 Å². The van der Waals surface area contributed by atoms with E-state index >= 15 is 0 Å². The summed E-state index contributed by atoms with van der Waals surface area (Å²) in [4.78, 5) is 14.6. The quantitative estimate of drug-likeness (QED) is 0.795. The van der Waals surface area contributed by atoms with Gasteiger partial charge >= 0.3 is 0 Å². The summed E-state index contributed by atoms with van der Waals surface area (Å²) in [5, 5.41) is 12.3. The van der Waals surface area contributed by atoms with Crippen LogP contribution in [0.15, 0.2) is 24.3 Å². The van der Waals surface area contributed by atoms with Crippen LogP contribution in [0.3, 0.4) is 0 Å². The zero-order chi connectivity index (χ0) is 15.9. The summed E-state index contributed by atoms with van der Waals surface area (Å²) in [6.45, 7) is 4.76. The number of amides is 1. The molecule has 6 heteroatoms. The van der Waals surface area contributed by atoms with E-state index in [1.165, 1.54) is 0 Å². The number of rotatable bonds is 7. The van der Waals surface area contributed by atoms with Crippen LogP contribution >= 0.6 is 12.4 Å². The van der Waals surface area contributed by atoms with Crippen molar-refractivity contribution in [1.29, 1.82) is 0 Å². The molecule has 2 rings (SSSR count). The van der Waals surface area contributed by atoms with Crippen molar-refractivity contribution >= 4 is 18.3 Å². The number of carbonyl (C=O) groups excluding carboxylic acids is 1. The molecule has 0 aromatic heterocycles. The van der Waals surface area contributed by atoms with Gasteiger partial charge in [0.25, 0.3) is 5.91 Å². The molecule has 0 saturated carbocycles. The van der Waals surface area contributed by atoms with Crippen LogP contribution in [0.25, 0.3) is 0 Å². The molecule has 5 nitrogen and oxygen atoms in total. The number of aliphatic hydroxyl groups is 1. The van der Waals surface area contributed by atoms with Gasteiger partial charge in [0.05, 0.1) is 13.7 Å². The van der Waals surface area contributed by atoms with Crippen molar-refractivity contribution in [2.75, 3.05) is 33.4 Å². The highest BCUT2D eigenvalue weighted by Gasteiger charge is 2.32. The second kappa shape index (κ2) is 9.75. The fourth-order valence-electron chi connectivity index (χ4n) is 3.11. The molecule has 1 aliphatic heterocycles. The summed E-state index contributed by atoms with van der Waals surface area (Å²) < 4.78 is 5.11. The van der Waals surface area contributed by atoms with Gasteiger partial charge in [-0.25, -0.2) is 0 Å². The predicted octanol–water partition coefficient (Wildman–Crippen LogP) is 1.94. The van der Waals surface area contributed by atoms with Crippen molar-refractivity contribution in [3.8, 4) is 5.75 Å². The van der Waals surface area contributed by atoms with Gasteiger partial charge in [-0.1, -0.05) is 13.3 Å². The largest absolute Gasteiger partial charge is 0.497 e. The van der Waals surface area contributed by atoms with Gasteiger partial charge in [0.2, 0.25) is 0 Å². The summed E-state index contributed by atoms with van der Waals surface area (Å²) >= 11 is 0. The lowest BCUT2D eigenvalue weighted by Crippen LogP contribution is -2.40. The maximum atomic E-state index is 12.4. The molecule has 1 aromatic carbocycles. The number of methoxy groups -OCH3 is 1. The predicted molar refractivity (Wildman–Crippen MR) is 93.4 cm³/mol. The van der Waals surface area contributed by atoms with Crippen LogP contribution in [0.5, 0.6) is 5.75 Å². The highest BCUT2D eigenvalue weighted by Crippen LogP contribution is 2.22. The summed E-state index contributed by atoms with van der Waals surface area (Å²) in [5.74, 6) is 1.16. The van der Waals surface area contributed by atoms with Crippen LogP contribution in [0.2, 0.25) is 0 Å². The normalized spacial score (nSPS) is 20.8. The van der Waals surface area contributed by atoms with Crippen LogP contribution in [0.1, 0.15) is 30.1 Å². The Balaban J connectivity index is 0.00000264. The van der Waals surface area contributed by atoms with E-state index in [2.05, 4.69) is 17.1 Å². The molecule has 130 valence electrons. The van der Waals surface area contributed by atoms with Gasteiger partial charge in [-0.05, 0) is 36.6 Å². The summed E-state index contributed by atoms with van der Waals surface area (Å²) in [6.07, 6.45) is 2.20. The second-order valence-corrected chi connectivity index (χ2v) is 5.84. The van der Waals surface area contributed by atoms with Crippen LogP contribution in [-0.4, -0.2) is 55.3 Å². The van der Waals surface area contributed by atoms with Crippen LogP contribution in [0, 0.1) is 5.92 Å². The molecule has 0 bridgehead atoms. The molecule has 0 aliphatic carbocycles. The molecule has 1 aliphatic rings. The number of ether oxygens (including phenoxy) is 1. The minimum atomic E-state index is -0.0420. The summed E-state index contributed by atoms with van der Waals surface area (Å²) in [6, 6.07) is 7.31. The monoisotopic (exact) mass is 342 g/mol. The van der Waals surface area contributed by atoms with E-state index in [1.807, 2.05) is 0 Å². The maximum absolute atomic E-state index is 12.4. The Hall–Kier alpha value is -1.30. The van der Waals surface area contributed by atoms with Gasteiger partial charge in [-0.3, -0.25) is 9.69 Å². The van der Waals surface area contributed by atoms with E-state index in [0.717, 1.165) is 31.7 Å². The van der Waals surface area contributed by atoms with Crippen molar-refractivity contribution in [2.24, 2.45) is 5.92 Å². The first kappa shape index (κ1) is 19.7. The molecule has 23 heavy (non-hydrogen) atoms. The summed E-state index contributed by atoms with van der Waals surface area (Å²) in [5.41, 5.74) is 0.650. The summed E-state index contributed by atoms with van der Waals surface area (Å²) in [7, 11) is 1.61. The molecule has 2 atom stereocenters. The van der Waals surface area contributed by atoms with Gasteiger partial charge in [0.15, 0.2) is 0 Å². The second-order valence-electron chi connectivity index (χ2n) is 5.84.